The lowest BCUT2D eigenvalue weighted by Gasteiger charge is -2.34. The van der Waals surface area contributed by atoms with Crippen molar-refractivity contribution in [1.29, 1.82) is 0 Å². The van der Waals surface area contributed by atoms with Gasteiger partial charge < -0.3 is 15.0 Å². The zero-order chi connectivity index (χ0) is 21.5. The Hall–Kier alpha value is -2.86. The maximum absolute atomic E-state index is 13.1. The van der Waals surface area contributed by atoms with Gasteiger partial charge in [0.15, 0.2) is 0 Å². The third kappa shape index (κ3) is 3.67. The van der Waals surface area contributed by atoms with Gasteiger partial charge in [0.25, 0.3) is 5.91 Å². The highest BCUT2D eigenvalue weighted by Gasteiger charge is 2.53. The zero-order valence-corrected chi connectivity index (χ0v) is 18.1. The number of amides is 2. The molecular weight excluding hydrogens is 378 g/mol. The van der Waals surface area contributed by atoms with Gasteiger partial charge in [-0.3, -0.25) is 14.5 Å². The number of benzene rings is 2. The summed E-state index contributed by atoms with van der Waals surface area (Å²) in [5.41, 5.74) is 3.43. The van der Waals surface area contributed by atoms with Gasteiger partial charge in [0.2, 0.25) is 5.91 Å². The number of ether oxygens (including phenoxy) is 1. The molecule has 6 nitrogen and oxygen atoms in total. The maximum Gasteiger partial charge on any atom is 0.255 e. The molecule has 30 heavy (non-hydrogen) atoms. The fourth-order valence-electron chi connectivity index (χ4n) is 4.55. The summed E-state index contributed by atoms with van der Waals surface area (Å²) in [5.74, 6) is 0.00773. The number of carbonyl (C=O) groups is 2. The molecule has 1 N–H and O–H groups in total. The average Bonchev–Trinajstić information content (AvgIpc) is 2.98. The van der Waals surface area contributed by atoms with Gasteiger partial charge in [0, 0.05) is 33.7 Å². The molecule has 6 heteroatoms. The quantitative estimate of drug-likeness (QED) is 0.849. The van der Waals surface area contributed by atoms with Crippen molar-refractivity contribution in [2.75, 3.05) is 33.8 Å². The first-order valence-corrected chi connectivity index (χ1v) is 10.3. The Balaban J connectivity index is 1.66. The smallest absolute Gasteiger partial charge is 0.255 e. The molecule has 0 aromatic heterocycles. The van der Waals surface area contributed by atoms with E-state index in [1.54, 1.807) is 31.1 Å². The number of likely N-dealkylation sites (tertiary alicyclic amines) is 1. The summed E-state index contributed by atoms with van der Waals surface area (Å²) in [6, 6.07) is 13.7. The highest BCUT2D eigenvalue weighted by atomic mass is 16.5. The van der Waals surface area contributed by atoms with Gasteiger partial charge in [-0.25, -0.2) is 0 Å². The number of para-hydroxylation sites is 1. The molecular formula is C24H29N3O3. The van der Waals surface area contributed by atoms with Crippen LogP contribution in [0.3, 0.4) is 0 Å². The van der Waals surface area contributed by atoms with Crippen molar-refractivity contribution in [3.8, 4) is 5.75 Å². The lowest BCUT2D eigenvalue weighted by molar-refractivity contribution is -0.134. The molecule has 2 atom stereocenters. The van der Waals surface area contributed by atoms with Gasteiger partial charge in [-0.2, -0.15) is 0 Å². The van der Waals surface area contributed by atoms with E-state index < -0.39 is 5.54 Å². The number of carbonyl (C=O) groups excluding carboxylic acids is 2. The monoisotopic (exact) mass is 407 g/mol. The van der Waals surface area contributed by atoms with Crippen LogP contribution in [0.4, 0.5) is 0 Å². The minimum Gasteiger partial charge on any atom is -0.490 e. The van der Waals surface area contributed by atoms with Crippen molar-refractivity contribution in [3.05, 3.63) is 64.7 Å². The molecule has 158 valence electrons. The van der Waals surface area contributed by atoms with Gasteiger partial charge >= 0.3 is 0 Å². The molecule has 2 aromatic carbocycles. The van der Waals surface area contributed by atoms with Crippen molar-refractivity contribution >= 4 is 11.8 Å². The first kappa shape index (κ1) is 20.4. The molecule has 0 bridgehead atoms. The fourth-order valence-corrected chi connectivity index (χ4v) is 4.55. The van der Waals surface area contributed by atoms with Crippen molar-refractivity contribution in [3.63, 3.8) is 0 Å². The Morgan fingerprint density at radius 3 is 2.77 bits per heavy atom. The van der Waals surface area contributed by atoms with Crippen LogP contribution >= 0.6 is 0 Å². The Labute approximate surface area is 177 Å². The van der Waals surface area contributed by atoms with Crippen LogP contribution in [0.5, 0.6) is 5.75 Å². The minimum absolute atomic E-state index is 0.00770. The van der Waals surface area contributed by atoms with Crippen LogP contribution in [0.1, 0.15) is 27.0 Å². The molecule has 1 spiro atoms. The molecule has 2 aromatic rings. The molecule has 2 aliphatic heterocycles. The van der Waals surface area contributed by atoms with Gasteiger partial charge in [0.1, 0.15) is 12.4 Å². The summed E-state index contributed by atoms with van der Waals surface area (Å²) in [5, 5.41) is 3.18. The van der Waals surface area contributed by atoms with E-state index in [1.807, 2.05) is 12.1 Å². The van der Waals surface area contributed by atoms with Crippen LogP contribution in [0.25, 0.3) is 0 Å². The maximum atomic E-state index is 13.1. The number of fused-ring (bicyclic) bond motifs is 1. The molecule has 1 fully saturated rings. The van der Waals surface area contributed by atoms with Crippen LogP contribution in [-0.4, -0.2) is 60.9 Å². The van der Waals surface area contributed by atoms with Gasteiger partial charge in [0.05, 0.1) is 17.0 Å². The third-order valence-corrected chi connectivity index (χ3v) is 6.23. The van der Waals surface area contributed by atoms with Crippen molar-refractivity contribution < 1.29 is 14.3 Å². The Morgan fingerprint density at radius 1 is 1.23 bits per heavy atom. The molecule has 0 saturated carbocycles. The van der Waals surface area contributed by atoms with Crippen LogP contribution in [0, 0.1) is 19.8 Å². The largest absolute Gasteiger partial charge is 0.490 e. The minimum atomic E-state index is -0.769. The second-order valence-corrected chi connectivity index (χ2v) is 8.78. The molecule has 0 aliphatic carbocycles. The van der Waals surface area contributed by atoms with E-state index in [2.05, 4.69) is 42.3 Å². The lowest BCUT2D eigenvalue weighted by Crippen LogP contribution is -2.60. The number of nitrogens with zero attached hydrogens (tertiary/aromatic N) is 2. The fraction of sp³-hybridized carbons (Fsp3) is 0.417. The van der Waals surface area contributed by atoms with Gasteiger partial charge in [-0.1, -0.05) is 35.9 Å². The summed E-state index contributed by atoms with van der Waals surface area (Å²) in [6.45, 7) is 6.33. The van der Waals surface area contributed by atoms with E-state index in [9.17, 15) is 9.59 Å². The lowest BCUT2D eigenvalue weighted by atomic mass is 9.86. The van der Waals surface area contributed by atoms with Crippen LogP contribution in [0.2, 0.25) is 0 Å². The van der Waals surface area contributed by atoms with E-state index in [0.29, 0.717) is 24.4 Å². The van der Waals surface area contributed by atoms with E-state index >= 15 is 0 Å². The number of hydrogen-bond acceptors (Lipinski definition) is 4. The van der Waals surface area contributed by atoms with E-state index in [1.165, 1.54) is 16.7 Å². The first-order chi connectivity index (χ1) is 14.3. The van der Waals surface area contributed by atoms with Crippen LogP contribution < -0.4 is 10.1 Å². The van der Waals surface area contributed by atoms with Gasteiger partial charge in [-0.15, -0.1) is 0 Å². The summed E-state index contributed by atoms with van der Waals surface area (Å²) in [4.78, 5) is 30.0. The zero-order valence-electron chi connectivity index (χ0n) is 18.1. The third-order valence-electron chi connectivity index (χ3n) is 6.23. The molecule has 0 unspecified atom stereocenters. The summed E-state index contributed by atoms with van der Waals surface area (Å²) in [7, 11) is 3.52. The number of rotatable bonds is 3. The number of aryl methyl sites for hydroxylation is 2. The molecule has 4 rings (SSSR count). The van der Waals surface area contributed by atoms with Crippen molar-refractivity contribution in [2.24, 2.45) is 5.92 Å². The normalized spacial score (nSPS) is 23.5. The second kappa shape index (κ2) is 7.76. The van der Waals surface area contributed by atoms with Crippen molar-refractivity contribution in [1.82, 2.24) is 15.1 Å². The first-order valence-electron chi connectivity index (χ1n) is 10.3. The van der Waals surface area contributed by atoms with E-state index in [-0.39, 0.29) is 24.3 Å². The van der Waals surface area contributed by atoms with E-state index in [0.717, 1.165) is 6.54 Å². The predicted molar refractivity (Wildman–Crippen MR) is 116 cm³/mol. The molecule has 1 saturated heterocycles. The van der Waals surface area contributed by atoms with E-state index in [4.69, 9.17) is 4.74 Å². The standard InChI is InChI=1S/C24H29N3O3/c1-16-9-10-17(2)18(11-16)12-27-13-20(23(29)26(3)4)24(14-27)15-30-21-8-6-5-7-19(21)22(28)25-24/h5-11,20H,12-15H2,1-4H3,(H,25,28)/t20-,24-/m1/s1. The summed E-state index contributed by atoms with van der Waals surface area (Å²) >= 11 is 0. The van der Waals surface area contributed by atoms with Crippen LogP contribution in [0.15, 0.2) is 42.5 Å². The second-order valence-electron chi connectivity index (χ2n) is 8.78. The molecule has 2 amide bonds. The predicted octanol–water partition coefficient (Wildman–Crippen LogP) is 2.38. The highest BCUT2D eigenvalue weighted by Crippen LogP contribution is 2.35. The van der Waals surface area contributed by atoms with Crippen molar-refractivity contribution in [2.45, 2.75) is 25.9 Å². The topological polar surface area (TPSA) is 61.9 Å². The highest BCUT2D eigenvalue weighted by molar-refractivity contribution is 5.98. The summed E-state index contributed by atoms with van der Waals surface area (Å²) < 4.78 is 6.08. The SMILES string of the molecule is Cc1ccc(C)c(CN2C[C@H](C(=O)N(C)C)[C@]3(COc4ccccc4C(=O)N3)C2)c1. The molecule has 0 radical (unpaired) electrons. The average molecular weight is 408 g/mol. The Bertz CT molecular complexity index is 987. The number of hydrogen-bond donors (Lipinski definition) is 1. The Morgan fingerprint density at radius 2 is 2.00 bits per heavy atom. The molecule has 2 heterocycles. The number of nitrogens with one attached hydrogen (secondary N) is 1. The molecule has 2 aliphatic rings. The van der Waals surface area contributed by atoms with Crippen LogP contribution in [-0.2, 0) is 11.3 Å². The summed E-state index contributed by atoms with van der Waals surface area (Å²) in [6.07, 6.45) is 0. The Kier molecular flexibility index (Phi) is 5.28. The van der Waals surface area contributed by atoms with Gasteiger partial charge in [-0.05, 0) is 37.1 Å².